The van der Waals surface area contributed by atoms with E-state index < -0.39 is 0 Å². The second-order valence-corrected chi connectivity index (χ2v) is 2.66. The van der Waals surface area contributed by atoms with E-state index in [0.29, 0.717) is 13.0 Å². The summed E-state index contributed by atoms with van der Waals surface area (Å²) in [4.78, 5) is 10.9. The smallest absolute Gasteiger partial charge is 0.309 e. The summed E-state index contributed by atoms with van der Waals surface area (Å²) in [7, 11) is 0. The van der Waals surface area contributed by atoms with Crippen molar-refractivity contribution in [1.82, 2.24) is 0 Å². The predicted octanol–water partition coefficient (Wildman–Crippen LogP) is 2.69. The highest BCUT2D eigenvalue weighted by atomic mass is 16.5. The van der Waals surface area contributed by atoms with Crippen molar-refractivity contribution in [3.05, 3.63) is 12.2 Å². The SMILES string of the molecule is CC/C=C\CC(=O)OCCCC. The Hall–Kier alpha value is -0.790. The van der Waals surface area contributed by atoms with Crippen LogP contribution in [0.2, 0.25) is 0 Å². The van der Waals surface area contributed by atoms with E-state index in [4.69, 9.17) is 4.74 Å². The van der Waals surface area contributed by atoms with Crippen LogP contribution in [0.1, 0.15) is 39.5 Å². The van der Waals surface area contributed by atoms with Crippen LogP contribution in [0.3, 0.4) is 0 Å². The van der Waals surface area contributed by atoms with Crippen LogP contribution in [0.4, 0.5) is 0 Å². The zero-order valence-electron chi connectivity index (χ0n) is 8.01. The molecule has 0 rings (SSSR count). The molecule has 0 fully saturated rings. The second kappa shape index (κ2) is 8.31. The Labute approximate surface area is 74.6 Å². The van der Waals surface area contributed by atoms with Crippen LogP contribution >= 0.6 is 0 Å². The molecule has 0 spiro atoms. The molecule has 2 nitrogen and oxygen atoms in total. The van der Waals surface area contributed by atoms with E-state index in [1.54, 1.807) is 0 Å². The van der Waals surface area contributed by atoms with Gasteiger partial charge in [0.25, 0.3) is 0 Å². The number of carbonyl (C=O) groups is 1. The zero-order valence-corrected chi connectivity index (χ0v) is 8.01. The Morgan fingerprint density at radius 2 is 2.08 bits per heavy atom. The molecule has 70 valence electrons. The molecule has 0 aromatic carbocycles. The first kappa shape index (κ1) is 11.2. The van der Waals surface area contributed by atoms with Crippen molar-refractivity contribution in [3.8, 4) is 0 Å². The fourth-order valence-corrected chi connectivity index (χ4v) is 0.735. The van der Waals surface area contributed by atoms with Gasteiger partial charge in [0.15, 0.2) is 0 Å². The lowest BCUT2D eigenvalue weighted by Crippen LogP contribution is -2.03. The molecule has 0 saturated heterocycles. The first-order chi connectivity index (χ1) is 5.81. The maximum atomic E-state index is 10.9. The van der Waals surface area contributed by atoms with Crippen molar-refractivity contribution in [3.63, 3.8) is 0 Å². The van der Waals surface area contributed by atoms with E-state index in [1.807, 2.05) is 19.1 Å². The highest BCUT2D eigenvalue weighted by Crippen LogP contribution is 1.93. The Morgan fingerprint density at radius 1 is 1.33 bits per heavy atom. The molecule has 0 aliphatic heterocycles. The molecule has 0 amide bonds. The fourth-order valence-electron chi connectivity index (χ4n) is 0.735. The van der Waals surface area contributed by atoms with E-state index in [-0.39, 0.29) is 5.97 Å². The van der Waals surface area contributed by atoms with Gasteiger partial charge in [-0.1, -0.05) is 32.4 Å². The second-order valence-electron chi connectivity index (χ2n) is 2.66. The summed E-state index contributed by atoms with van der Waals surface area (Å²) < 4.78 is 4.94. The fraction of sp³-hybridized carbons (Fsp3) is 0.700. The molecule has 0 saturated carbocycles. The van der Waals surface area contributed by atoms with E-state index >= 15 is 0 Å². The van der Waals surface area contributed by atoms with Gasteiger partial charge in [-0.15, -0.1) is 0 Å². The molecule has 0 aromatic rings. The quantitative estimate of drug-likeness (QED) is 0.348. The lowest BCUT2D eigenvalue weighted by atomic mass is 10.3. The van der Waals surface area contributed by atoms with Gasteiger partial charge in [0, 0.05) is 0 Å². The summed E-state index contributed by atoms with van der Waals surface area (Å²) >= 11 is 0. The van der Waals surface area contributed by atoms with Gasteiger partial charge in [-0.25, -0.2) is 0 Å². The average molecular weight is 170 g/mol. The van der Waals surface area contributed by atoms with Gasteiger partial charge in [-0.2, -0.15) is 0 Å². The van der Waals surface area contributed by atoms with Crippen molar-refractivity contribution in [1.29, 1.82) is 0 Å². The van der Waals surface area contributed by atoms with Gasteiger partial charge in [0.2, 0.25) is 0 Å². The summed E-state index contributed by atoms with van der Waals surface area (Å²) in [6.07, 6.45) is 7.25. The van der Waals surface area contributed by atoms with Crippen molar-refractivity contribution < 1.29 is 9.53 Å². The number of hydrogen-bond donors (Lipinski definition) is 0. The van der Waals surface area contributed by atoms with E-state index in [1.165, 1.54) is 0 Å². The Bertz CT molecular complexity index is 139. The topological polar surface area (TPSA) is 26.3 Å². The number of esters is 1. The number of unbranched alkanes of at least 4 members (excludes halogenated alkanes) is 1. The maximum Gasteiger partial charge on any atom is 0.309 e. The largest absolute Gasteiger partial charge is 0.465 e. The van der Waals surface area contributed by atoms with Crippen LogP contribution in [0.25, 0.3) is 0 Å². The van der Waals surface area contributed by atoms with Gasteiger partial charge < -0.3 is 4.74 Å². The third-order valence-corrected chi connectivity index (χ3v) is 1.45. The number of rotatable bonds is 6. The van der Waals surface area contributed by atoms with Crippen molar-refractivity contribution >= 4 is 5.97 Å². The Morgan fingerprint density at radius 3 is 2.67 bits per heavy atom. The number of allylic oxidation sites excluding steroid dienone is 1. The lowest BCUT2D eigenvalue weighted by Gasteiger charge is -2.00. The van der Waals surface area contributed by atoms with Crippen LogP contribution < -0.4 is 0 Å². The highest BCUT2D eigenvalue weighted by molar-refractivity contribution is 5.71. The van der Waals surface area contributed by atoms with Crippen molar-refractivity contribution in [2.45, 2.75) is 39.5 Å². The van der Waals surface area contributed by atoms with E-state index in [0.717, 1.165) is 19.3 Å². The summed E-state index contributed by atoms with van der Waals surface area (Å²) in [6.45, 7) is 4.68. The molecule has 2 heteroatoms. The first-order valence-electron chi connectivity index (χ1n) is 4.61. The van der Waals surface area contributed by atoms with Gasteiger partial charge in [0.05, 0.1) is 13.0 Å². The molecule has 0 N–H and O–H groups in total. The number of carbonyl (C=O) groups excluding carboxylic acids is 1. The van der Waals surface area contributed by atoms with Gasteiger partial charge >= 0.3 is 5.97 Å². The molecule has 0 aromatic heterocycles. The van der Waals surface area contributed by atoms with Crippen molar-refractivity contribution in [2.24, 2.45) is 0 Å². The minimum Gasteiger partial charge on any atom is -0.465 e. The molecule has 12 heavy (non-hydrogen) atoms. The predicted molar refractivity (Wildman–Crippen MR) is 49.9 cm³/mol. The number of hydrogen-bond acceptors (Lipinski definition) is 2. The third kappa shape index (κ3) is 7.32. The molecule has 0 aliphatic carbocycles. The van der Waals surface area contributed by atoms with Crippen LogP contribution in [-0.4, -0.2) is 12.6 Å². The molecular weight excluding hydrogens is 152 g/mol. The molecule has 0 radical (unpaired) electrons. The molecule has 0 unspecified atom stereocenters. The Balaban J connectivity index is 3.27. The minimum atomic E-state index is -0.117. The maximum absolute atomic E-state index is 10.9. The summed E-state index contributed by atoms with van der Waals surface area (Å²) in [6, 6.07) is 0. The summed E-state index contributed by atoms with van der Waals surface area (Å²) in [5.41, 5.74) is 0. The number of ether oxygens (including phenoxy) is 1. The molecule has 0 atom stereocenters. The van der Waals surface area contributed by atoms with Crippen LogP contribution in [-0.2, 0) is 9.53 Å². The zero-order chi connectivity index (χ0) is 9.23. The van der Waals surface area contributed by atoms with Crippen LogP contribution in [0.5, 0.6) is 0 Å². The third-order valence-electron chi connectivity index (χ3n) is 1.45. The highest BCUT2D eigenvalue weighted by Gasteiger charge is 1.97. The lowest BCUT2D eigenvalue weighted by molar-refractivity contribution is -0.142. The average Bonchev–Trinajstić information content (AvgIpc) is 2.06. The standard InChI is InChI=1S/C10H18O2/c1-3-5-7-8-10(11)12-9-6-4-2/h5,7H,3-4,6,8-9H2,1-2H3/b7-5-. The molecular formula is C10H18O2. The van der Waals surface area contributed by atoms with Gasteiger partial charge in [-0.05, 0) is 12.8 Å². The van der Waals surface area contributed by atoms with Crippen LogP contribution in [0, 0.1) is 0 Å². The van der Waals surface area contributed by atoms with Gasteiger partial charge in [0.1, 0.15) is 0 Å². The monoisotopic (exact) mass is 170 g/mol. The Kier molecular flexibility index (Phi) is 7.76. The van der Waals surface area contributed by atoms with E-state index in [9.17, 15) is 4.79 Å². The molecule has 0 aliphatic rings. The minimum absolute atomic E-state index is 0.117. The normalized spacial score (nSPS) is 10.5. The van der Waals surface area contributed by atoms with E-state index in [2.05, 4.69) is 6.92 Å². The van der Waals surface area contributed by atoms with Crippen molar-refractivity contribution in [2.75, 3.05) is 6.61 Å². The van der Waals surface area contributed by atoms with Crippen LogP contribution in [0.15, 0.2) is 12.2 Å². The molecule has 0 bridgehead atoms. The first-order valence-corrected chi connectivity index (χ1v) is 4.61. The van der Waals surface area contributed by atoms with Gasteiger partial charge in [-0.3, -0.25) is 4.79 Å². The summed E-state index contributed by atoms with van der Waals surface area (Å²) in [5, 5.41) is 0. The molecule has 0 heterocycles. The summed E-state index contributed by atoms with van der Waals surface area (Å²) in [5.74, 6) is -0.117.